The first kappa shape index (κ1) is 8.21. The molecule has 0 aliphatic carbocycles. The molecule has 1 rings (SSSR count). The second kappa shape index (κ2) is 3.49. The van der Waals surface area contributed by atoms with Gasteiger partial charge in [-0.25, -0.2) is 0 Å². The van der Waals surface area contributed by atoms with Crippen LogP contribution in [0.25, 0.3) is 0 Å². The summed E-state index contributed by atoms with van der Waals surface area (Å²) in [6, 6.07) is 5.33. The number of benzene rings is 1. The number of hydrogen-bond acceptors (Lipinski definition) is 2. The maximum Gasteiger partial charge on any atom is 0.128 e. The fourth-order valence-corrected chi connectivity index (χ4v) is 1.10. The summed E-state index contributed by atoms with van der Waals surface area (Å²) in [5.74, 6) is 0.223. The maximum absolute atomic E-state index is 9.11. The third-order valence-corrected chi connectivity index (χ3v) is 1.78. The molecule has 0 fully saturated rings. The van der Waals surface area contributed by atoms with Gasteiger partial charge in [-0.1, -0.05) is 12.1 Å². The summed E-state index contributed by atoms with van der Waals surface area (Å²) >= 11 is 4.08. The summed E-state index contributed by atoms with van der Waals surface area (Å²) in [4.78, 5) is 0.615. The van der Waals surface area contributed by atoms with E-state index in [2.05, 4.69) is 19.2 Å². The molecule has 1 aromatic rings. The van der Waals surface area contributed by atoms with Gasteiger partial charge in [0.1, 0.15) is 5.75 Å². The monoisotopic (exact) mass is 166 g/mol. The lowest BCUT2D eigenvalue weighted by atomic mass is 10.1. The predicted octanol–water partition coefficient (Wildman–Crippen LogP) is 2.41. The Bertz CT molecular complexity index is 268. The molecule has 1 aromatic carbocycles. The van der Waals surface area contributed by atoms with E-state index in [0.29, 0.717) is 4.90 Å². The third kappa shape index (κ3) is 2.02. The summed E-state index contributed by atoms with van der Waals surface area (Å²) in [6.07, 6.45) is 2.63. The first-order valence-corrected chi connectivity index (χ1v) is 3.80. The van der Waals surface area contributed by atoms with Crippen LogP contribution in [0.2, 0.25) is 0 Å². The molecule has 0 saturated heterocycles. The summed E-state index contributed by atoms with van der Waals surface area (Å²) < 4.78 is 0. The molecule has 0 bridgehead atoms. The van der Waals surface area contributed by atoms with Gasteiger partial charge in [0.2, 0.25) is 0 Å². The highest BCUT2D eigenvalue weighted by molar-refractivity contribution is 7.80. The van der Waals surface area contributed by atoms with Crippen LogP contribution in [0, 0.1) is 0 Å². The van der Waals surface area contributed by atoms with Crippen LogP contribution >= 0.6 is 12.6 Å². The van der Waals surface area contributed by atoms with E-state index in [-0.39, 0.29) is 5.75 Å². The Balaban J connectivity index is 2.95. The lowest BCUT2D eigenvalue weighted by Gasteiger charge is -1.99. The van der Waals surface area contributed by atoms with Gasteiger partial charge in [0, 0.05) is 4.90 Å². The minimum atomic E-state index is 0.223. The maximum atomic E-state index is 9.11. The summed E-state index contributed by atoms with van der Waals surface area (Å²) in [7, 11) is 0. The Hall–Kier alpha value is -0.890. The van der Waals surface area contributed by atoms with E-state index in [9.17, 15) is 0 Å². The second-order valence-corrected chi connectivity index (χ2v) is 2.80. The zero-order valence-corrected chi connectivity index (χ0v) is 7.01. The first-order chi connectivity index (χ1) is 5.24. The molecule has 11 heavy (non-hydrogen) atoms. The van der Waals surface area contributed by atoms with E-state index in [4.69, 9.17) is 5.11 Å². The molecular weight excluding hydrogens is 156 g/mol. The number of aromatic hydroxyl groups is 1. The van der Waals surface area contributed by atoms with Crippen LogP contribution in [-0.4, -0.2) is 5.11 Å². The molecule has 0 atom stereocenters. The lowest BCUT2D eigenvalue weighted by molar-refractivity contribution is 0.462. The normalized spacial score (nSPS) is 9.55. The van der Waals surface area contributed by atoms with Crippen LogP contribution in [0.1, 0.15) is 5.56 Å². The Labute approximate surface area is 71.8 Å². The van der Waals surface area contributed by atoms with Crippen molar-refractivity contribution in [1.82, 2.24) is 0 Å². The highest BCUT2D eigenvalue weighted by atomic mass is 32.1. The standard InChI is InChI=1S/C9H10OS/c1-2-3-7-4-5-8(10)9(11)6-7/h2,4-6,10-11H,1,3H2. The Morgan fingerprint density at radius 3 is 2.82 bits per heavy atom. The minimum Gasteiger partial charge on any atom is -0.507 e. The fourth-order valence-electron chi connectivity index (χ4n) is 0.863. The van der Waals surface area contributed by atoms with E-state index in [1.165, 1.54) is 0 Å². The average molecular weight is 166 g/mol. The quantitative estimate of drug-likeness (QED) is 0.510. The first-order valence-electron chi connectivity index (χ1n) is 3.36. The van der Waals surface area contributed by atoms with Crippen molar-refractivity contribution in [2.75, 3.05) is 0 Å². The molecule has 0 spiro atoms. The van der Waals surface area contributed by atoms with Crippen molar-refractivity contribution >= 4 is 12.6 Å². The zero-order chi connectivity index (χ0) is 8.27. The number of phenolic OH excluding ortho intramolecular Hbond substituents is 1. The number of phenols is 1. The molecule has 0 amide bonds. The molecule has 0 aliphatic heterocycles. The molecular formula is C9H10OS. The third-order valence-electron chi connectivity index (χ3n) is 1.42. The van der Waals surface area contributed by atoms with Gasteiger partial charge in [-0.3, -0.25) is 0 Å². The van der Waals surface area contributed by atoms with E-state index < -0.39 is 0 Å². The van der Waals surface area contributed by atoms with Crippen LogP contribution in [0.5, 0.6) is 5.75 Å². The molecule has 0 saturated carbocycles. The lowest BCUT2D eigenvalue weighted by Crippen LogP contribution is -1.80. The van der Waals surface area contributed by atoms with Crippen molar-refractivity contribution in [1.29, 1.82) is 0 Å². The molecule has 0 unspecified atom stereocenters. The van der Waals surface area contributed by atoms with Crippen LogP contribution in [0.15, 0.2) is 35.7 Å². The van der Waals surface area contributed by atoms with Crippen molar-refractivity contribution in [2.24, 2.45) is 0 Å². The average Bonchev–Trinajstić information content (AvgIpc) is 1.98. The molecule has 0 aliphatic rings. The van der Waals surface area contributed by atoms with Crippen molar-refractivity contribution in [3.63, 3.8) is 0 Å². The van der Waals surface area contributed by atoms with E-state index in [1.807, 2.05) is 18.2 Å². The Morgan fingerprint density at radius 2 is 2.27 bits per heavy atom. The van der Waals surface area contributed by atoms with E-state index in [1.54, 1.807) is 6.07 Å². The second-order valence-electron chi connectivity index (χ2n) is 2.32. The highest BCUT2D eigenvalue weighted by Gasteiger charge is 1.96. The smallest absolute Gasteiger partial charge is 0.128 e. The Kier molecular flexibility index (Phi) is 2.60. The number of hydrogen-bond donors (Lipinski definition) is 2. The van der Waals surface area contributed by atoms with Crippen molar-refractivity contribution in [2.45, 2.75) is 11.3 Å². The van der Waals surface area contributed by atoms with E-state index in [0.717, 1.165) is 12.0 Å². The van der Waals surface area contributed by atoms with Crippen molar-refractivity contribution in [3.05, 3.63) is 36.4 Å². The van der Waals surface area contributed by atoms with E-state index >= 15 is 0 Å². The molecule has 1 nitrogen and oxygen atoms in total. The number of thiol groups is 1. The van der Waals surface area contributed by atoms with Crippen LogP contribution in [0.4, 0.5) is 0 Å². The van der Waals surface area contributed by atoms with Gasteiger partial charge in [0.15, 0.2) is 0 Å². The minimum absolute atomic E-state index is 0.223. The van der Waals surface area contributed by atoms with Crippen LogP contribution in [0.3, 0.4) is 0 Å². The number of allylic oxidation sites excluding steroid dienone is 1. The van der Waals surface area contributed by atoms with Gasteiger partial charge >= 0.3 is 0 Å². The summed E-state index contributed by atoms with van der Waals surface area (Å²) in [5.41, 5.74) is 1.11. The van der Waals surface area contributed by atoms with Gasteiger partial charge in [0.25, 0.3) is 0 Å². The van der Waals surface area contributed by atoms with Crippen LogP contribution < -0.4 is 0 Å². The molecule has 0 aromatic heterocycles. The largest absolute Gasteiger partial charge is 0.507 e. The van der Waals surface area contributed by atoms with Gasteiger partial charge in [0.05, 0.1) is 0 Å². The van der Waals surface area contributed by atoms with Gasteiger partial charge < -0.3 is 5.11 Å². The molecule has 0 radical (unpaired) electrons. The summed E-state index contributed by atoms with van der Waals surface area (Å²) in [5, 5.41) is 9.11. The van der Waals surface area contributed by atoms with Crippen LogP contribution in [-0.2, 0) is 6.42 Å². The molecule has 2 heteroatoms. The topological polar surface area (TPSA) is 20.2 Å². The predicted molar refractivity (Wildman–Crippen MR) is 49.3 cm³/mol. The van der Waals surface area contributed by atoms with Crippen molar-refractivity contribution < 1.29 is 5.11 Å². The van der Waals surface area contributed by atoms with Crippen molar-refractivity contribution in [3.8, 4) is 5.75 Å². The SMILES string of the molecule is C=CCc1ccc(O)c(S)c1. The van der Waals surface area contributed by atoms with Gasteiger partial charge in [-0.15, -0.1) is 19.2 Å². The van der Waals surface area contributed by atoms with Gasteiger partial charge in [-0.2, -0.15) is 0 Å². The highest BCUT2D eigenvalue weighted by Crippen LogP contribution is 2.21. The number of rotatable bonds is 2. The summed E-state index contributed by atoms with van der Waals surface area (Å²) in [6.45, 7) is 3.62. The molecule has 58 valence electrons. The van der Waals surface area contributed by atoms with Gasteiger partial charge in [-0.05, 0) is 24.1 Å². The fraction of sp³-hybridized carbons (Fsp3) is 0.111. The Morgan fingerprint density at radius 1 is 1.55 bits per heavy atom. The molecule has 0 heterocycles. The molecule has 1 N–H and O–H groups in total. The zero-order valence-electron chi connectivity index (χ0n) is 6.12.